The van der Waals surface area contributed by atoms with Gasteiger partial charge in [-0.1, -0.05) is 18.2 Å². The molecule has 0 unspecified atom stereocenters. The molecule has 3 aliphatic rings. The molecule has 2 amide bonds. The average molecular weight is 765 g/mol. The Kier molecular flexibility index (Phi) is 13.9. The number of esters is 2. The fourth-order valence-corrected chi connectivity index (χ4v) is 6.24. The van der Waals surface area contributed by atoms with E-state index in [1.807, 2.05) is 13.0 Å². The third kappa shape index (κ3) is 11.4. The summed E-state index contributed by atoms with van der Waals surface area (Å²) >= 11 is 0. The molecular formula is C40H48N2O13. The fraction of sp³-hybridized carbons (Fsp3) is 0.450. The first kappa shape index (κ1) is 42.5. The number of aliphatic hydroxyl groups excluding tert-OH is 2. The van der Waals surface area contributed by atoms with E-state index < -0.39 is 72.5 Å². The molecule has 3 aliphatic heterocycles. The molecule has 0 bridgehead atoms. The summed E-state index contributed by atoms with van der Waals surface area (Å²) in [6.45, 7) is 12.1. The van der Waals surface area contributed by atoms with Crippen LogP contribution in [0.2, 0.25) is 0 Å². The van der Waals surface area contributed by atoms with E-state index in [-0.39, 0.29) is 41.5 Å². The molecule has 296 valence electrons. The SMILES string of the molecule is Cc1cc(C)c2c(c1)NC(=O)C[C@@H]1OC(C)(C)O[C@@H]1C(=O)/C=C/C[C@H](C)OC2=O.Cc1cc(O)c2c(c1)NC(=O)C[C@H](O)[C@H](O)C(=O)/C=C/C[C@H](C)OC2=O. The number of ketones is 2. The monoisotopic (exact) mass is 764 g/mol. The molecule has 0 aliphatic carbocycles. The third-order valence-corrected chi connectivity index (χ3v) is 8.72. The normalized spacial score (nSPS) is 27.5. The van der Waals surface area contributed by atoms with Crippen molar-refractivity contribution >= 4 is 46.7 Å². The van der Waals surface area contributed by atoms with Gasteiger partial charge in [-0.3, -0.25) is 19.2 Å². The highest BCUT2D eigenvalue weighted by Crippen LogP contribution is 2.33. The Balaban J connectivity index is 0.000000246. The number of ether oxygens (including phenoxy) is 4. The maximum atomic E-state index is 12.7. The van der Waals surface area contributed by atoms with Gasteiger partial charge >= 0.3 is 11.9 Å². The number of benzene rings is 2. The Morgan fingerprint density at radius 2 is 1.20 bits per heavy atom. The van der Waals surface area contributed by atoms with Gasteiger partial charge in [-0.15, -0.1) is 0 Å². The van der Waals surface area contributed by atoms with Crippen molar-refractivity contribution < 1.29 is 63.0 Å². The van der Waals surface area contributed by atoms with Gasteiger partial charge in [0.2, 0.25) is 11.8 Å². The first-order valence-corrected chi connectivity index (χ1v) is 17.8. The molecule has 55 heavy (non-hydrogen) atoms. The molecule has 15 nitrogen and oxygen atoms in total. The smallest absolute Gasteiger partial charge is 0.344 e. The highest BCUT2D eigenvalue weighted by Gasteiger charge is 2.45. The van der Waals surface area contributed by atoms with Crippen molar-refractivity contribution in [1.29, 1.82) is 0 Å². The van der Waals surface area contributed by atoms with Crippen molar-refractivity contribution in [2.45, 2.75) is 117 Å². The Labute approximate surface area is 318 Å². The van der Waals surface area contributed by atoms with Crippen LogP contribution in [-0.2, 0) is 38.1 Å². The quantitative estimate of drug-likeness (QED) is 0.239. The minimum atomic E-state index is -1.75. The predicted molar refractivity (Wildman–Crippen MR) is 198 cm³/mol. The second-order valence-corrected chi connectivity index (χ2v) is 14.3. The molecule has 2 aromatic rings. The number of cyclic esters (lactones) is 2. The van der Waals surface area contributed by atoms with Gasteiger partial charge in [-0.2, -0.15) is 0 Å². The number of amides is 2. The maximum Gasteiger partial charge on any atom is 0.344 e. The lowest BCUT2D eigenvalue weighted by Crippen LogP contribution is -2.36. The molecule has 1 saturated heterocycles. The van der Waals surface area contributed by atoms with Crippen LogP contribution in [-0.4, -0.2) is 93.0 Å². The van der Waals surface area contributed by atoms with Crippen LogP contribution >= 0.6 is 0 Å². The number of anilines is 2. The van der Waals surface area contributed by atoms with Crippen molar-refractivity contribution in [1.82, 2.24) is 0 Å². The predicted octanol–water partition coefficient (Wildman–Crippen LogP) is 4.05. The topological polar surface area (TPSA) is 224 Å². The molecule has 15 heteroatoms. The van der Waals surface area contributed by atoms with Crippen molar-refractivity contribution in [3.63, 3.8) is 0 Å². The number of phenolic OH excluding ortho intramolecular Hbond substituents is 1. The number of hydrogen-bond donors (Lipinski definition) is 5. The lowest BCUT2D eigenvalue weighted by Gasteiger charge is -2.19. The molecule has 0 saturated carbocycles. The second-order valence-electron chi connectivity index (χ2n) is 14.3. The van der Waals surface area contributed by atoms with E-state index in [0.29, 0.717) is 23.2 Å². The number of aliphatic hydroxyl groups is 2. The van der Waals surface area contributed by atoms with E-state index in [4.69, 9.17) is 18.9 Å². The molecule has 0 radical (unpaired) electrons. The van der Waals surface area contributed by atoms with Gasteiger partial charge in [0.25, 0.3) is 0 Å². The highest BCUT2D eigenvalue weighted by atomic mass is 16.8. The molecule has 0 aromatic heterocycles. The van der Waals surface area contributed by atoms with E-state index in [9.17, 15) is 44.1 Å². The summed E-state index contributed by atoms with van der Waals surface area (Å²) in [6.07, 6.45) is -0.562. The number of phenols is 1. The van der Waals surface area contributed by atoms with Crippen LogP contribution in [0.4, 0.5) is 11.4 Å². The van der Waals surface area contributed by atoms with E-state index in [0.717, 1.165) is 17.2 Å². The minimum absolute atomic E-state index is 0.0188. The Bertz CT molecular complexity index is 1900. The number of aryl methyl sites for hydroxylation is 3. The first-order valence-electron chi connectivity index (χ1n) is 17.8. The average Bonchev–Trinajstić information content (AvgIpc) is 3.36. The third-order valence-electron chi connectivity index (χ3n) is 8.72. The van der Waals surface area contributed by atoms with E-state index in [1.54, 1.807) is 53.7 Å². The molecular weight excluding hydrogens is 716 g/mol. The molecule has 0 spiro atoms. The standard InChI is InChI=1S/C22H27NO6.C18H21NO7/c1-12-9-13(2)19-15(10-12)23-18(25)11-17-20(29-22(4,5)28-17)16(24)8-6-7-14(3)27-21(19)26;1-9-6-11-16(13(21)7-9)18(25)26-10(2)4-3-5-12(20)17(24)14(22)8-15(23)19-11/h6,8-10,14,17,20H,7,11H2,1-5H3,(H,23,25);3,5-7,10,14,17,21-22,24H,4,8H2,1-2H3,(H,19,23)/b8-6+;5-3+/t14-,17-,20+;10-,14-,17+/m00/s1. The summed E-state index contributed by atoms with van der Waals surface area (Å²) in [6, 6.07) is 6.43. The Morgan fingerprint density at radius 3 is 1.80 bits per heavy atom. The van der Waals surface area contributed by atoms with Crippen LogP contribution in [0, 0.1) is 20.8 Å². The number of fused-ring (bicyclic) bond motifs is 3. The lowest BCUT2D eigenvalue weighted by molar-refractivity contribution is -0.153. The molecule has 2 aromatic carbocycles. The molecule has 1 fully saturated rings. The van der Waals surface area contributed by atoms with Crippen molar-refractivity contribution in [3.05, 3.63) is 76.4 Å². The lowest BCUT2D eigenvalue weighted by atomic mass is 10.0. The number of carbonyl (C=O) groups is 6. The summed E-state index contributed by atoms with van der Waals surface area (Å²) in [4.78, 5) is 74.4. The number of aromatic hydroxyl groups is 1. The van der Waals surface area contributed by atoms with Gasteiger partial charge in [-0.25, -0.2) is 9.59 Å². The molecule has 3 heterocycles. The number of nitrogens with one attached hydrogen (secondary N) is 2. The van der Waals surface area contributed by atoms with Crippen LogP contribution in [0.5, 0.6) is 5.75 Å². The van der Waals surface area contributed by atoms with Crippen LogP contribution in [0.3, 0.4) is 0 Å². The van der Waals surface area contributed by atoms with Gasteiger partial charge in [0.05, 0.1) is 35.9 Å². The van der Waals surface area contributed by atoms with Crippen molar-refractivity contribution in [2.24, 2.45) is 0 Å². The molecule has 5 rings (SSSR count). The van der Waals surface area contributed by atoms with E-state index >= 15 is 0 Å². The summed E-state index contributed by atoms with van der Waals surface area (Å²) in [5, 5.41) is 35.0. The van der Waals surface area contributed by atoms with Crippen LogP contribution in [0.1, 0.15) is 90.8 Å². The van der Waals surface area contributed by atoms with Gasteiger partial charge in [-0.05, 0) is 95.5 Å². The van der Waals surface area contributed by atoms with Gasteiger partial charge < -0.3 is 44.9 Å². The van der Waals surface area contributed by atoms with E-state index in [2.05, 4.69) is 10.6 Å². The summed E-state index contributed by atoms with van der Waals surface area (Å²) < 4.78 is 22.3. The molecule has 5 N–H and O–H groups in total. The Morgan fingerprint density at radius 1 is 0.691 bits per heavy atom. The van der Waals surface area contributed by atoms with Crippen LogP contribution in [0.15, 0.2) is 48.6 Å². The second kappa shape index (κ2) is 17.9. The fourth-order valence-electron chi connectivity index (χ4n) is 6.24. The zero-order valence-corrected chi connectivity index (χ0v) is 31.8. The highest BCUT2D eigenvalue weighted by molar-refractivity contribution is 6.05. The van der Waals surface area contributed by atoms with Gasteiger partial charge in [0, 0.05) is 12.8 Å². The zero-order chi connectivity index (χ0) is 40.8. The van der Waals surface area contributed by atoms with Gasteiger partial charge in [0.15, 0.2) is 17.4 Å². The van der Waals surface area contributed by atoms with Crippen LogP contribution < -0.4 is 10.6 Å². The van der Waals surface area contributed by atoms with Gasteiger partial charge in [0.1, 0.15) is 41.8 Å². The largest absolute Gasteiger partial charge is 0.507 e. The van der Waals surface area contributed by atoms with E-state index in [1.165, 1.54) is 24.3 Å². The minimum Gasteiger partial charge on any atom is -0.507 e. The number of hydrogen-bond acceptors (Lipinski definition) is 13. The molecule has 6 atom stereocenters. The Hall–Kier alpha value is -5.22. The van der Waals surface area contributed by atoms with Crippen molar-refractivity contribution in [2.75, 3.05) is 10.6 Å². The summed E-state index contributed by atoms with van der Waals surface area (Å²) in [5.74, 6) is -4.81. The summed E-state index contributed by atoms with van der Waals surface area (Å²) in [5.41, 5.74) is 2.73. The maximum absolute atomic E-state index is 12.7. The summed E-state index contributed by atoms with van der Waals surface area (Å²) in [7, 11) is 0. The number of carbonyl (C=O) groups excluding carboxylic acids is 6. The van der Waals surface area contributed by atoms with Crippen LogP contribution in [0.25, 0.3) is 0 Å². The first-order chi connectivity index (χ1) is 25.7. The number of rotatable bonds is 0. The van der Waals surface area contributed by atoms with Crippen molar-refractivity contribution in [3.8, 4) is 5.75 Å². The zero-order valence-electron chi connectivity index (χ0n) is 31.8.